The molecule has 0 bridgehead atoms. The molecule has 0 aliphatic heterocycles. The van der Waals surface area contributed by atoms with Crippen molar-refractivity contribution in [2.75, 3.05) is 5.32 Å². The lowest BCUT2D eigenvalue weighted by molar-refractivity contribution is -0.117. The van der Waals surface area contributed by atoms with Gasteiger partial charge in [0.2, 0.25) is 5.91 Å². The minimum absolute atomic E-state index is 0.0518. The molecule has 1 aliphatic rings. The van der Waals surface area contributed by atoms with Crippen molar-refractivity contribution < 1.29 is 9.59 Å². The molecule has 4 heteroatoms. The molecule has 0 spiro atoms. The molecule has 1 aliphatic carbocycles. The number of carbonyl (C=O) groups excluding carboxylic acids is 2. The quantitative estimate of drug-likeness (QED) is 0.719. The van der Waals surface area contributed by atoms with Crippen LogP contribution in [0.25, 0.3) is 0 Å². The maximum atomic E-state index is 12.1. The van der Waals surface area contributed by atoms with E-state index in [4.69, 9.17) is 0 Å². The summed E-state index contributed by atoms with van der Waals surface area (Å²) in [5.41, 5.74) is 1.39. The summed E-state index contributed by atoms with van der Waals surface area (Å²) in [4.78, 5) is 23.8. The van der Waals surface area contributed by atoms with Crippen molar-refractivity contribution >= 4 is 17.5 Å². The summed E-state index contributed by atoms with van der Waals surface area (Å²) in [7, 11) is 0. The normalized spacial score (nSPS) is 15.2. The lowest BCUT2D eigenvalue weighted by Gasteiger charge is -2.14. The van der Waals surface area contributed by atoms with Crippen molar-refractivity contribution in [3.05, 3.63) is 29.8 Å². The Kier molecular flexibility index (Phi) is 5.99. The van der Waals surface area contributed by atoms with Crippen molar-refractivity contribution in [3.8, 4) is 0 Å². The van der Waals surface area contributed by atoms with Gasteiger partial charge in [-0.25, -0.2) is 0 Å². The molecule has 1 aromatic rings. The van der Waals surface area contributed by atoms with Crippen molar-refractivity contribution in [1.82, 2.24) is 5.32 Å². The van der Waals surface area contributed by atoms with E-state index in [1.165, 1.54) is 12.8 Å². The van der Waals surface area contributed by atoms with E-state index >= 15 is 0 Å². The Balaban J connectivity index is 1.81. The summed E-state index contributed by atoms with van der Waals surface area (Å²) in [6, 6.07) is 7.29. The predicted octanol–water partition coefficient (Wildman–Crippen LogP) is 3.73. The van der Waals surface area contributed by atoms with Gasteiger partial charge in [0, 0.05) is 23.2 Å². The molecule has 1 fully saturated rings. The van der Waals surface area contributed by atoms with E-state index in [1.54, 1.807) is 24.3 Å². The average Bonchev–Trinajstić information content (AvgIpc) is 3.33. The fourth-order valence-corrected chi connectivity index (χ4v) is 2.37. The van der Waals surface area contributed by atoms with Gasteiger partial charge in [0.15, 0.2) is 0 Å². The standard InChI is InChI=1S/C18H26N2O2/c1-3-4-5-6-13(2)19-17(21)15-9-11-16(12-10-15)20-18(22)14-7-8-14/h9-14H,3-8H2,1-2H3,(H,19,21)(H,20,22). The second kappa shape index (κ2) is 7.97. The fourth-order valence-electron chi connectivity index (χ4n) is 2.37. The molecular formula is C18H26N2O2. The molecule has 0 radical (unpaired) electrons. The van der Waals surface area contributed by atoms with Gasteiger partial charge in [-0.05, 0) is 50.5 Å². The van der Waals surface area contributed by atoms with Crippen LogP contribution in [0.1, 0.15) is 62.7 Å². The van der Waals surface area contributed by atoms with Crippen molar-refractivity contribution in [2.24, 2.45) is 5.92 Å². The van der Waals surface area contributed by atoms with Crippen molar-refractivity contribution in [2.45, 2.75) is 58.4 Å². The molecule has 2 rings (SSSR count). The average molecular weight is 302 g/mol. The zero-order valence-corrected chi connectivity index (χ0v) is 13.5. The highest BCUT2D eigenvalue weighted by Crippen LogP contribution is 2.30. The first-order valence-corrected chi connectivity index (χ1v) is 8.32. The number of hydrogen-bond acceptors (Lipinski definition) is 2. The van der Waals surface area contributed by atoms with E-state index < -0.39 is 0 Å². The molecule has 22 heavy (non-hydrogen) atoms. The number of anilines is 1. The molecule has 1 atom stereocenters. The van der Waals surface area contributed by atoms with E-state index in [-0.39, 0.29) is 23.8 Å². The van der Waals surface area contributed by atoms with E-state index in [0.29, 0.717) is 5.56 Å². The molecule has 1 aromatic carbocycles. The maximum absolute atomic E-state index is 12.1. The number of rotatable bonds is 8. The van der Waals surface area contributed by atoms with Crippen LogP contribution in [0.5, 0.6) is 0 Å². The third-order valence-electron chi connectivity index (χ3n) is 3.98. The Morgan fingerprint density at radius 2 is 1.86 bits per heavy atom. The fraction of sp³-hybridized carbons (Fsp3) is 0.556. The summed E-state index contributed by atoms with van der Waals surface area (Å²) in [6.07, 6.45) is 6.52. The lowest BCUT2D eigenvalue weighted by Crippen LogP contribution is -2.32. The summed E-state index contributed by atoms with van der Waals surface area (Å²) < 4.78 is 0. The first kappa shape index (κ1) is 16.5. The smallest absolute Gasteiger partial charge is 0.251 e. The molecule has 0 aromatic heterocycles. The van der Waals surface area contributed by atoms with Gasteiger partial charge < -0.3 is 10.6 Å². The monoisotopic (exact) mass is 302 g/mol. The van der Waals surface area contributed by atoms with E-state index in [0.717, 1.165) is 31.4 Å². The number of hydrogen-bond donors (Lipinski definition) is 2. The highest BCUT2D eigenvalue weighted by Gasteiger charge is 2.29. The van der Waals surface area contributed by atoms with Gasteiger partial charge in [-0.2, -0.15) is 0 Å². The SMILES string of the molecule is CCCCCC(C)NC(=O)c1ccc(NC(=O)C2CC2)cc1. The summed E-state index contributed by atoms with van der Waals surface area (Å²) >= 11 is 0. The summed E-state index contributed by atoms with van der Waals surface area (Å²) in [5, 5.41) is 5.89. The second-order valence-electron chi connectivity index (χ2n) is 6.21. The minimum atomic E-state index is -0.0518. The van der Waals surface area contributed by atoms with Crippen LogP contribution >= 0.6 is 0 Å². The molecule has 1 saturated carbocycles. The van der Waals surface area contributed by atoms with Crippen LogP contribution in [-0.4, -0.2) is 17.9 Å². The molecule has 4 nitrogen and oxygen atoms in total. The van der Waals surface area contributed by atoms with Crippen LogP contribution < -0.4 is 10.6 Å². The van der Waals surface area contributed by atoms with Gasteiger partial charge in [0.25, 0.3) is 5.91 Å². The summed E-state index contributed by atoms with van der Waals surface area (Å²) in [6.45, 7) is 4.21. The molecule has 120 valence electrons. The molecular weight excluding hydrogens is 276 g/mol. The molecule has 0 heterocycles. The lowest BCUT2D eigenvalue weighted by atomic mass is 10.1. The van der Waals surface area contributed by atoms with Gasteiger partial charge in [-0.15, -0.1) is 0 Å². The largest absolute Gasteiger partial charge is 0.350 e. The second-order valence-corrected chi connectivity index (χ2v) is 6.21. The first-order valence-electron chi connectivity index (χ1n) is 8.32. The van der Waals surface area contributed by atoms with Crippen LogP contribution in [-0.2, 0) is 4.79 Å². The van der Waals surface area contributed by atoms with Gasteiger partial charge in [-0.1, -0.05) is 26.2 Å². The summed E-state index contributed by atoms with van der Waals surface area (Å²) in [5.74, 6) is 0.220. The Morgan fingerprint density at radius 1 is 1.18 bits per heavy atom. The number of nitrogens with one attached hydrogen (secondary N) is 2. The first-order chi connectivity index (χ1) is 10.6. The third-order valence-corrected chi connectivity index (χ3v) is 3.98. The van der Waals surface area contributed by atoms with Crippen LogP contribution in [0, 0.1) is 5.92 Å². The van der Waals surface area contributed by atoms with Crippen LogP contribution in [0.15, 0.2) is 24.3 Å². The number of unbranched alkanes of at least 4 members (excludes halogenated alkanes) is 2. The van der Waals surface area contributed by atoms with Crippen LogP contribution in [0.3, 0.4) is 0 Å². The van der Waals surface area contributed by atoms with Gasteiger partial charge in [0.1, 0.15) is 0 Å². The molecule has 2 amide bonds. The maximum Gasteiger partial charge on any atom is 0.251 e. The topological polar surface area (TPSA) is 58.2 Å². The van der Waals surface area contributed by atoms with Crippen molar-refractivity contribution in [1.29, 1.82) is 0 Å². The Labute approximate surface area is 132 Å². The molecule has 0 saturated heterocycles. The zero-order chi connectivity index (χ0) is 15.9. The van der Waals surface area contributed by atoms with E-state index in [9.17, 15) is 9.59 Å². The zero-order valence-electron chi connectivity index (χ0n) is 13.5. The van der Waals surface area contributed by atoms with Gasteiger partial charge in [-0.3, -0.25) is 9.59 Å². The number of benzene rings is 1. The Morgan fingerprint density at radius 3 is 2.45 bits per heavy atom. The number of amides is 2. The number of carbonyl (C=O) groups is 2. The third kappa shape index (κ3) is 5.17. The van der Waals surface area contributed by atoms with Crippen LogP contribution in [0.4, 0.5) is 5.69 Å². The molecule has 2 N–H and O–H groups in total. The highest BCUT2D eigenvalue weighted by atomic mass is 16.2. The Bertz CT molecular complexity index is 506. The van der Waals surface area contributed by atoms with Gasteiger partial charge in [0.05, 0.1) is 0 Å². The minimum Gasteiger partial charge on any atom is -0.350 e. The van der Waals surface area contributed by atoms with E-state index in [1.807, 2.05) is 6.92 Å². The van der Waals surface area contributed by atoms with E-state index in [2.05, 4.69) is 17.6 Å². The highest BCUT2D eigenvalue weighted by molar-refractivity contribution is 5.96. The molecule has 1 unspecified atom stereocenters. The van der Waals surface area contributed by atoms with Crippen LogP contribution in [0.2, 0.25) is 0 Å². The van der Waals surface area contributed by atoms with Gasteiger partial charge >= 0.3 is 0 Å². The predicted molar refractivity (Wildman–Crippen MR) is 88.9 cm³/mol. The van der Waals surface area contributed by atoms with Crippen molar-refractivity contribution in [3.63, 3.8) is 0 Å². The Hall–Kier alpha value is -1.84.